The SMILES string of the molecule is Clc1ccc2sc(NCc3ccncn3)nc2c1. The van der Waals surface area contributed by atoms with Gasteiger partial charge in [-0.3, -0.25) is 0 Å². The first-order chi connectivity index (χ1) is 8.81. The molecule has 0 fully saturated rings. The van der Waals surface area contributed by atoms with Gasteiger partial charge in [0, 0.05) is 11.2 Å². The van der Waals surface area contributed by atoms with Crippen molar-refractivity contribution in [2.24, 2.45) is 0 Å². The van der Waals surface area contributed by atoms with E-state index in [4.69, 9.17) is 11.6 Å². The average molecular weight is 277 g/mol. The largest absolute Gasteiger partial charge is 0.356 e. The molecule has 0 amide bonds. The Morgan fingerprint density at radius 3 is 3.06 bits per heavy atom. The van der Waals surface area contributed by atoms with Crippen LogP contribution >= 0.6 is 22.9 Å². The van der Waals surface area contributed by atoms with Crippen LogP contribution < -0.4 is 5.32 Å². The van der Waals surface area contributed by atoms with Gasteiger partial charge in [0.25, 0.3) is 0 Å². The third kappa shape index (κ3) is 2.42. The molecule has 18 heavy (non-hydrogen) atoms. The molecule has 0 saturated heterocycles. The highest BCUT2D eigenvalue weighted by Gasteiger charge is 2.04. The van der Waals surface area contributed by atoms with Crippen molar-refractivity contribution >= 4 is 38.3 Å². The number of hydrogen-bond donors (Lipinski definition) is 1. The van der Waals surface area contributed by atoms with Gasteiger partial charge in [0.2, 0.25) is 0 Å². The van der Waals surface area contributed by atoms with Crippen molar-refractivity contribution in [1.29, 1.82) is 0 Å². The van der Waals surface area contributed by atoms with Gasteiger partial charge < -0.3 is 5.32 Å². The first kappa shape index (κ1) is 11.4. The number of hydrogen-bond acceptors (Lipinski definition) is 5. The average Bonchev–Trinajstić information content (AvgIpc) is 2.79. The summed E-state index contributed by atoms with van der Waals surface area (Å²) in [6.45, 7) is 0.635. The highest BCUT2D eigenvalue weighted by atomic mass is 35.5. The minimum absolute atomic E-state index is 0.635. The van der Waals surface area contributed by atoms with Gasteiger partial charge in [0.1, 0.15) is 6.33 Å². The van der Waals surface area contributed by atoms with Crippen LogP contribution in [0.5, 0.6) is 0 Å². The monoisotopic (exact) mass is 276 g/mol. The van der Waals surface area contributed by atoms with Gasteiger partial charge in [-0.2, -0.15) is 0 Å². The third-order valence-corrected chi connectivity index (χ3v) is 3.64. The summed E-state index contributed by atoms with van der Waals surface area (Å²) in [4.78, 5) is 12.5. The van der Waals surface area contributed by atoms with Crippen LogP contribution in [0.2, 0.25) is 5.02 Å². The van der Waals surface area contributed by atoms with Crippen LogP contribution in [0, 0.1) is 0 Å². The van der Waals surface area contributed by atoms with Crippen molar-refractivity contribution in [3.05, 3.63) is 47.5 Å². The van der Waals surface area contributed by atoms with E-state index in [-0.39, 0.29) is 0 Å². The van der Waals surface area contributed by atoms with E-state index < -0.39 is 0 Å². The normalized spacial score (nSPS) is 10.7. The van der Waals surface area contributed by atoms with E-state index in [0.717, 1.165) is 21.0 Å². The molecule has 0 aliphatic heterocycles. The van der Waals surface area contributed by atoms with Crippen molar-refractivity contribution < 1.29 is 0 Å². The van der Waals surface area contributed by atoms with E-state index in [0.29, 0.717) is 11.6 Å². The van der Waals surface area contributed by atoms with Crippen LogP contribution in [-0.2, 0) is 6.54 Å². The van der Waals surface area contributed by atoms with Crippen LogP contribution in [0.15, 0.2) is 36.8 Å². The molecule has 3 aromatic rings. The van der Waals surface area contributed by atoms with Crippen molar-refractivity contribution in [2.75, 3.05) is 5.32 Å². The minimum Gasteiger partial charge on any atom is -0.356 e. The zero-order valence-electron chi connectivity index (χ0n) is 9.30. The molecule has 1 aromatic carbocycles. The predicted molar refractivity (Wildman–Crippen MR) is 74.0 cm³/mol. The number of thiazole rings is 1. The van der Waals surface area contributed by atoms with Crippen molar-refractivity contribution in [3.63, 3.8) is 0 Å². The van der Waals surface area contributed by atoms with Gasteiger partial charge in [0.05, 0.1) is 22.5 Å². The second kappa shape index (κ2) is 4.88. The summed E-state index contributed by atoms with van der Waals surface area (Å²) in [5, 5.41) is 4.81. The Balaban J connectivity index is 1.79. The lowest BCUT2D eigenvalue weighted by molar-refractivity contribution is 1.00. The predicted octanol–water partition coefficient (Wildman–Crippen LogP) is 3.35. The van der Waals surface area contributed by atoms with E-state index in [1.165, 1.54) is 6.33 Å². The summed E-state index contributed by atoms with van der Waals surface area (Å²) in [6.07, 6.45) is 3.26. The molecule has 90 valence electrons. The molecule has 0 bridgehead atoms. The molecular formula is C12H9ClN4S. The van der Waals surface area contributed by atoms with Gasteiger partial charge in [-0.05, 0) is 24.3 Å². The maximum atomic E-state index is 5.93. The van der Waals surface area contributed by atoms with E-state index >= 15 is 0 Å². The summed E-state index contributed by atoms with van der Waals surface area (Å²) in [7, 11) is 0. The van der Waals surface area contributed by atoms with Gasteiger partial charge in [-0.15, -0.1) is 0 Å². The molecule has 0 aliphatic carbocycles. The van der Waals surface area contributed by atoms with E-state index in [1.54, 1.807) is 17.5 Å². The molecule has 2 aromatic heterocycles. The summed E-state index contributed by atoms with van der Waals surface area (Å²) in [6, 6.07) is 7.59. The standard InChI is InChI=1S/C12H9ClN4S/c13-8-1-2-11-10(5-8)17-12(18-11)15-6-9-3-4-14-7-16-9/h1-5,7H,6H2,(H,15,17). The second-order valence-electron chi connectivity index (χ2n) is 3.69. The Labute approximate surface area is 113 Å². The Kier molecular flexibility index (Phi) is 3.08. The molecule has 0 unspecified atom stereocenters. The molecule has 6 heteroatoms. The van der Waals surface area contributed by atoms with Gasteiger partial charge in [0.15, 0.2) is 5.13 Å². The molecule has 2 heterocycles. The number of anilines is 1. The number of benzene rings is 1. The smallest absolute Gasteiger partial charge is 0.184 e. The van der Waals surface area contributed by atoms with Crippen LogP contribution in [0.1, 0.15) is 5.69 Å². The fourth-order valence-corrected chi connectivity index (χ4v) is 2.57. The molecule has 3 rings (SSSR count). The lowest BCUT2D eigenvalue weighted by Gasteiger charge is -2.00. The molecule has 0 saturated carbocycles. The summed E-state index contributed by atoms with van der Waals surface area (Å²) in [5.41, 5.74) is 1.85. The molecule has 4 nitrogen and oxygen atoms in total. The highest BCUT2D eigenvalue weighted by molar-refractivity contribution is 7.22. The minimum atomic E-state index is 0.635. The first-order valence-electron chi connectivity index (χ1n) is 5.36. The number of rotatable bonds is 3. The van der Waals surface area contributed by atoms with Crippen LogP contribution in [0.4, 0.5) is 5.13 Å². The Bertz CT molecular complexity index is 668. The van der Waals surface area contributed by atoms with Gasteiger partial charge >= 0.3 is 0 Å². The fourth-order valence-electron chi connectivity index (χ4n) is 1.57. The van der Waals surface area contributed by atoms with Crippen LogP contribution in [-0.4, -0.2) is 15.0 Å². The summed E-state index contributed by atoms with van der Waals surface area (Å²) >= 11 is 7.53. The van der Waals surface area contributed by atoms with Crippen molar-refractivity contribution in [1.82, 2.24) is 15.0 Å². The molecule has 0 aliphatic rings. The highest BCUT2D eigenvalue weighted by Crippen LogP contribution is 2.28. The number of fused-ring (bicyclic) bond motifs is 1. The Morgan fingerprint density at radius 1 is 1.28 bits per heavy atom. The lowest BCUT2D eigenvalue weighted by atomic mass is 10.3. The third-order valence-electron chi connectivity index (χ3n) is 2.41. The van der Waals surface area contributed by atoms with Gasteiger partial charge in [-0.1, -0.05) is 22.9 Å². The van der Waals surface area contributed by atoms with E-state index in [1.807, 2.05) is 24.3 Å². The number of nitrogens with one attached hydrogen (secondary N) is 1. The molecule has 1 N–H and O–H groups in total. The quantitative estimate of drug-likeness (QED) is 0.797. The number of aromatic nitrogens is 3. The van der Waals surface area contributed by atoms with E-state index in [9.17, 15) is 0 Å². The van der Waals surface area contributed by atoms with Crippen LogP contribution in [0.3, 0.4) is 0 Å². The maximum Gasteiger partial charge on any atom is 0.184 e. The van der Waals surface area contributed by atoms with Crippen LogP contribution in [0.25, 0.3) is 10.2 Å². The second-order valence-corrected chi connectivity index (χ2v) is 5.15. The lowest BCUT2D eigenvalue weighted by Crippen LogP contribution is -2.00. The first-order valence-corrected chi connectivity index (χ1v) is 6.55. The zero-order chi connectivity index (χ0) is 12.4. The molecule has 0 spiro atoms. The fraction of sp³-hybridized carbons (Fsp3) is 0.0833. The van der Waals surface area contributed by atoms with Gasteiger partial charge in [-0.25, -0.2) is 15.0 Å². The number of halogens is 1. The van der Waals surface area contributed by atoms with Crippen molar-refractivity contribution in [3.8, 4) is 0 Å². The topological polar surface area (TPSA) is 50.7 Å². The Morgan fingerprint density at radius 2 is 2.22 bits per heavy atom. The molecule has 0 radical (unpaired) electrons. The van der Waals surface area contributed by atoms with Crippen molar-refractivity contribution in [2.45, 2.75) is 6.54 Å². The number of nitrogens with zero attached hydrogens (tertiary/aromatic N) is 3. The molecular weight excluding hydrogens is 268 g/mol. The zero-order valence-corrected chi connectivity index (χ0v) is 10.9. The maximum absolute atomic E-state index is 5.93. The summed E-state index contributed by atoms with van der Waals surface area (Å²) in [5.74, 6) is 0. The Hall–Kier alpha value is -1.72. The molecule has 0 atom stereocenters. The van der Waals surface area contributed by atoms with E-state index in [2.05, 4.69) is 20.3 Å². The summed E-state index contributed by atoms with van der Waals surface area (Å²) < 4.78 is 1.12.